The normalized spacial score (nSPS) is 12.2. The van der Waals surface area contributed by atoms with Crippen molar-refractivity contribution in [3.05, 3.63) is 83.4 Å². The fraction of sp³-hybridized carbons (Fsp3) is 0.296. The summed E-state index contributed by atoms with van der Waals surface area (Å²) in [7, 11) is 0. The van der Waals surface area contributed by atoms with Gasteiger partial charge in [-0.25, -0.2) is 4.98 Å². The van der Waals surface area contributed by atoms with Crippen LogP contribution in [0.25, 0.3) is 22.4 Å². The van der Waals surface area contributed by atoms with E-state index in [1.54, 1.807) is 0 Å². The molecule has 0 aliphatic heterocycles. The van der Waals surface area contributed by atoms with Gasteiger partial charge >= 0.3 is 0 Å². The Bertz CT molecular complexity index is 1120. The van der Waals surface area contributed by atoms with Crippen LogP contribution in [0.1, 0.15) is 44.6 Å². The highest BCUT2D eigenvalue weighted by Gasteiger charge is 2.12. The number of ether oxygens (including phenoxy) is 1. The first-order chi connectivity index (χ1) is 15.2. The van der Waals surface area contributed by atoms with Crippen molar-refractivity contribution in [2.75, 3.05) is 6.61 Å². The van der Waals surface area contributed by atoms with E-state index in [4.69, 9.17) is 21.3 Å². The Morgan fingerprint density at radius 2 is 1.68 bits per heavy atom. The van der Waals surface area contributed by atoms with Crippen LogP contribution in [-0.4, -0.2) is 16.2 Å². The number of halogens is 1. The summed E-state index contributed by atoms with van der Waals surface area (Å²) in [6.07, 6.45) is 3.16. The lowest BCUT2D eigenvalue weighted by Crippen LogP contribution is -2.04. The van der Waals surface area contributed by atoms with Crippen molar-refractivity contribution in [2.24, 2.45) is 0 Å². The van der Waals surface area contributed by atoms with Crippen molar-refractivity contribution in [3.63, 3.8) is 0 Å². The Kier molecular flexibility index (Phi) is 6.93. The van der Waals surface area contributed by atoms with E-state index in [0.29, 0.717) is 12.5 Å². The SMILES string of the molecule is CCC(C)c1ccc(OCCCCn2c(-c3ccc(Cl)cc3)nc3ccccc32)cc1. The van der Waals surface area contributed by atoms with E-state index in [1.165, 1.54) is 5.56 Å². The quantitative estimate of drug-likeness (QED) is 0.253. The molecule has 3 aromatic carbocycles. The average Bonchev–Trinajstić information content (AvgIpc) is 3.18. The molecule has 0 fully saturated rings. The molecule has 0 bridgehead atoms. The van der Waals surface area contributed by atoms with E-state index >= 15 is 0 Å². The minimum absolute atomic E-state index is 0.592. The number of imidazole rings is 1. The van der Waals surface area contributed by atoms with E-state index < -0.39 is 0 Å². The van der Waals surface area contributed by atoms with Gasteiger partial charge in [-0.15, -0.1) is 0 Å². The lowest BCUT2D eigenvalue weighted by Gasteiger charge is -2.12. The number of aryl methyl sites for hydroxylation is 1. The van der Waals surface area contributed by atoms with Gasteiger partial charge in [0.2, 0.25) is 0 Å². The van der Waals surface area contributed by atoms with E-state index in [1.807, 2.05) is 30.3 Å². The zero-order chi connectivity index (χ0) is 21.6. The Hall–Kier alpha value is -2.78. The highest BCUT2D eigenvalue weighted by molar-refractivity contribution is 6.30. The Morgan fingerprint density at radius 3 is 2.42 bits per heavy atom. The van der Waals surface area contributed by atoms with Gasteiger partial charge < -0.3 is 9.30 Å². The molecule has 1 heterocycles. The predicted octanol–water partition coefficient (Wildman–Crippen LogP) is 7.73. The molecule has 160 valence electrons. The first-order valence-electron chi connectivity index (χ1n) is 11.1. The number of nitrogens with zero attached hydrogens (tertiary/aromatic N) is 2. The van der Waals surface area contributed by atoms with Gasteiger partial charge in [0.05, 0.1) is 17.6 Å². The summed E-state index contributed by atoms with van der Waals surface area (Å²) in [6.45, 7) is 6.09. The average molecular weight is 433 g/mol. The van der Waals surface area contributed by atoms with Crippen molar-refractivity contribution < 1.29 is 4.74 Å². The van der Waals surface area contributed by atoms with Crippen molar-refractivity contribution in [1.29, 1.82) is 0 Å². The molecule has 1 unspecified atom stereocenters. The smallest absolute Gasteiger partial charge is 0.141 e. The van der Waals surface area contributed by atoms with E-state index in [0.717, 1.165) is 59.0 Å². The predicted molar refractivity (Wildman–Crippen MR) is 130 cm³/mol. The van der Waals surface area contributed by atoms with Gasteiger partial charge in [-0.05, 0) is 79.3 Å². The maximum Gasteiger partial charge on any atom is 0.141 e. The number of hydrogen-bond acceptors (Lipinski definition) is 2. The fourth-order valence-electron chi connectivity index (χ4n) is 3.81. The minimum atomic E-state index is 0.592. The zero-order valence-electron chi connectivity index (χ0n) is 18.2. The van der Waals surface area contributed by atoms with E-state index in [-0.39, 0.29) is 0 Å². The molecule has 0 aliphatic carbocycles. The van der Waals surface area contributed by atoms with Gasteiger partial charge in [-0.2, -0.15) is 0 Å². The Morgan fingerprint density at radius 1 is 0.935 bits per heavy atom. The molecular formula is C27H29ClN2O. The summed E-state index contributed by atoms with van der Waals surface area (Å²) in [5.41, 5.74) is 4.63. The number of benzene rings is 3. The third-order valence-electron chi connectivity index (χ3n) is 5.86. The second-order valence-corrected chi connectivity index (χ2v) is 8.45. The molecule has 1 atom stereocenters. The summed E-state index contributed by atoms with van der Waals surface area (Å²) in [5, 5.41) is 0.737. The number of aromatic nitrogens is 2. The van der Waals surface area contributed by atoms with Crippen molar-refractivity contribution in [3.8, 4) is 17.1 Å². The molecular weight excluding hydrogens is 404 g/mol. The molecule has 0 amide bonds. The maximum absolute atomic E-state index is 6.08. The molecule has 0 saturated carbocycles. The first-order valence-corrected chi connectivity index (χ1v) is 11.5. The molecule has 31 heavy (non-hydrogen) atoms. The van der Waals surface area contributed by atoms with Crippen molar-refractivity contribution >= 4 is 22.6 Å². The van der Waals surface area contributed by atoms with Crippen molar-refractivity contribution in [1.82, 2.24) is 9.55 Å². The summed E-state index contributed by atoms with van der Waals surface area (Å²) in [6, 6.07) is 24.7. The molecule has 3 nitrogen and oxygen atoms in total. The lowest BCUT2D eigenvalue weighted by atomic mass is 9.99. The monoisotopic (exact) mass is 432 g/mol. The van der Waals surface area contributed by atoms with E-state index in [9.17, 15) is 0 Å². The molecule has 1 aromatic heterocycles. The van der Waals surface area contributed by atoms with Crippen LogP contribution in [-0.2, 0) is 6.54 Å². The molecule has 0 aliphatic rings. The van der Waals surface area contributed by atoms with Gasteiger partial charge in [0, 0.05) is 17.1 Å². The van der Waals surface area contributed by atoms with Gasteiger partial charge in [0.15, 0.2) is 0 Å². The molecule has 0 N–H and O–H groups in total. The van der Waals surface area contributed by atoms with Gasteiger partial charge in [0.25, 0.3) is 0 Å². The van der Waals surface area contributed by atoms with E-state index in [2.05, 4.69) is 60.9 Å². The van der Waals surface area contributed by atoms with Crippen LogP contribution in [0.15, 0.2) is 72.8 Å². The van der Waals surface area contributed by atoms with Crippen LogP contribution in [0.5, 0.6) is 5.75 Å². The van der Waals surface area contributed by atoms with Crippen LogP contribution in [0.3, 0.4) is 0 Å². The number of unbranched alkanes of at least 4 members (excludes halogenated alkanes) is 1. The third-order valence-corrected chi connectivity index (χ3v) is 6.12. The summed E-state index contributed by atoms with van der Waals surface area (Å²) >= 11 is 6.08. The van der Waals surface area contributed by atoms with Crippen LogP contribution >= 0.6 is 11.6 Å². The number of rotatable bonds is 9. The number of para-hydroxylation sites is 2. The maximum atomic E-state index is 6.08. The molecule has 4 rings (SSSR count). The van der Waals surface area contributed by atoms with Crippen LogP contribution in [0.4, 0.5) is 0 Å². The minimum Gasteiger partial charge on any atom is -0.494 e. The third kappa shape index (κ3) is 5.11. The number of hydrogen-bond donors (Lipinski definition) is 0. The summed E-state index contributed by atoms with van der Waals surface area (Å²) in [4.78, 5) is 4.88. The second kappa shape index (κ2) is 10.0. The van der Waals surface area contributed by atoms with Crippen LogP contribution < -0.4 is 4.74 Å². The van der Waals surface area contributed by atoms with Crippen LogP contribution in [0, 0.1) is 0 Å². The Labute approximate surface area is 189 Å². The standard InChI is InChI=1S/C27H29ClN2O/c1-3-20(2)21-12-16-24(17-13-21)31-19-7-6-18-30-26-9-5-4-8-25(26)29-27(30)22-10-14-23(28)15-11-22/h4-5,8-17,20H,3,6-7,18-19H2,1-2H3. The molecule has 4 heteroatoms. The Balaban J connectivity index is 1.39. The first kappa shape index (κ1) is 21.5. The van der Waals surface area contributed by atoms with Crippen LogP contribution in [0.2, 0.25) is 5.02 Å². The molecule has 0 radical (unpaired) electrons. The van der Waals surface area contributed by atoms with Gasteiger partial charge in [0.1, 0.15) is 11.6 Å². The molecule has 4 aromatic rings. The van der Waals surface area contributed by atoms with Gasteiger partial charge in [-0.3, -0.25) is 0 Å². The summed E-state index contributed by atoms with van der Waals surface area (Å²) < 4.78 is 8.27. The van der Waals surface area contributed by atoms with Crippen molar-refractivity contribution in [2.45, 2.75) is 45.6 Å². The topological polar surface area (TPSA) is 27.1 Å². The highest BCUT2D eigenvalue weighted by Crippen LogP contribution is 2.27. The second-order valence-electron chi connectivity index (χ2n) is 8.02. The largest absolute Gasteiger partial charge is 0.494 e. The summed E-state index contributed by atoms with van der Waals surface area (Å²) in [5.74, 6) is 2.52. The molecule has 0 saturated heterocycles. The molecule has 0 spiro atoms. The zero-order valence-corrected chi connectivity index (χ0v) is 19.0. The fourth-order valence-corrected chi connectivity index (χ4v) is 3.94. The highest BCUT2D eigenvalue weighted by atomic mass is 35.5. The lowest BCUT2D eigenvalue weighted by molar-refractivity contribution is 0.303. The number of fused-ring (bicyclic) bond motifs is 1. The van der Waals surface area contributed by atoms with Gasteiger partial charge in [-0.1, -0.05) is 49.7 Å².